The number of aliphatic hydroxyl groups is 1. The average Bonchev–Trinajstić information content (AvgIpc) is 3.63. The number of aryl methyl sites for hydroxylation is 2. The minimum atomic E-state index is 0. The lowest BCUT2D eigenvalue weighted by molar-refractivity contribution is 0.146. The fraction of sp³-hybridized carbons (Fsp3) is 0.741. The first-order valence-electron chi connectivity index (χ1n) is 23.4. The molecule has 2 aliphatic carbocycles. The molecule has 3 nitrogen and oxygen atoms in total. The van der Waals surface area contributed by atoms with Crippen LogP contribution in [0.2, 0.25) is 0 Å². The van der Waals surface area contributed by atoms with E-state index < -0.39 is 0 Å². The third-order valence-electron chi connectivity index (χ3n) is 7.98. The van der Waals surface area contributed by atoms with Gasteiger partial charge in [-0.3, -0.25) is 0 Å². The SMILES string of the molecule is C.CC.CC.CC.CC.CC(C)C.CC1C=CC=CC1.CCC.CCCC[C@@H](CO)C(CC1=CC=C(N)C1)CC(C)CC.CCCCc1ccccc1C.COC. The maximum absolute atomic E-state index is 9.78. The van der Waals surface area contributed by atoms with Crippen LogP contribution in [-0.2, 0) is 11.2 Å². The number of hydrogen-bond donors (Lipinski definition) is 2. The molecule has 2 aliphatic rings. The van der Waals surface area contributed by atoms with Crippen molar-refractivity contribution < 1.29 is 9.84 Å². The Labute approximate surface area is 363 Å². The zero-order chi connectivity index (χ0) is 45.2. The van der Waals surface area contributed by atoms with Crippen molar-refractivity contribution in [1.29, 1.82) is 0 Å². The van der Waals surface area contributed by atoms with Crippen molar-refractivity contribution in [1.82, 2.24) is 0 Å². The molecule has 3 rings (SSSR count). The maximum atomic E-state index is 9.78. The normalized spacial score (nSPS) is 13.9. The zero-order valence-electron chi connectivity index (χ0n) is 42.3. The summed E-state index contributed by atoms with van der Waals surface area (Å²) in [5.74, 6) is 3.40. The number of methoxy groups -OCH3 is 1. The number of unbranched alkanes of at least 4 members (excludes halogenated alkanes) is 2. The third-order valence-corrected chi connectivity index (χ3v) is 7.98. The Morgan fingerprint density at radius 3 is 1.61 bits per heavy atom. The molecule has 3 unspecified atom stereocenters. The van der Waals surface area contributed by atoms with Gasteiger partial charge in [-0.05, 0) is 92.2 Å². The summed E-state index contributed by atoms with van der Waals surface area (Å²) in [4.78, 5) is 0. The predicted octanol–water partition coefficient (Wildman–Crippen LogP) is 18.0. The number of aliphatic hydroxyl groups excluding tert-OH is 1. The van der Waals surface area contributed by atoms with Crippen LogP contribution in [0.4, 0.5) is 0 Å². The Morgan fingerprint density at radius 2 is 1.28 bits per heavy atom. The summed E-state index contributed by atoms with van der Waals surface area (Å²) in [5.41, 5.74) is 11.2. The van der Waals surface area contributed by atoms with E-state index in [1.165, 1.54) is 74.5 Å². The Hall–Kier alpha value is -2.10. The van der Waals surface area contributed by atoms with Crippen molar-refractivity contribution in [3.8, 4) is 0 Å². The molecule has 3 N–H and O–H groups in total. The van der Waals surface area contributed by atoms with Crippen molar-refractivity contribution in [3.05, 3.63) is 83.1 Å². The topological polar surface area (TPSA) is 55.5 Å². The van der Waals surface area contributed by atoms with E-state index in [4.69, 9.17) is 5.73 Å². The van der Waals surface area contributed by atoms with E-state index in [9.17, 15) is 5.11 Å². The minimum absolute atomic E-state index is 0. The van der Waals surface area contributed by atoms with Crippen LogP contribution in [0.1, 0.15) is 214 Å². The zero-order valence-corrected chi connectivity index (χ0v) is 42.3. The van der Waals surface area contributed by atoms with Crippen LogP contribution in [0.15, 0.2) is 72.0 Å². The quantitative estimate of drug-likeness (QED) is 0.209. The summed E-state index contributed by atoms with van der Waals surface area (Å²) in [6.07, 6.45) is 27.2. The number of ether oxygens (including phenoxy) is 1. The molecule has 0 bridgehead atoms. The molecule has 344 valence electrons. The molecule has 4 atom stereocenters. The molecular weight excluding hydrogens is 695 g/mol. The highest BCUT2D eigenvalue weighted by Crippen LogP contribution is 2.34. The predicted molar refractivity (Wildman–Crippen MR) is 271 cm³/mol. The fourth-order valence-corrected chi connectivity index (χ4v) is 5.11. The van der Waals surface area contributed by atoms with Crippen LogP contribution >= 0.6 is 0 Å². The lowest BCUT2D eigenvalue weighted by Crippen LogP contribution is -2.22. The number of hydrogen-bond acceptors (Lipinski definition) is 3. The summed E-state index contributed by atoms with van der Waals surface area (Å²) in [7, 11) is 3.25. The second-order valence-electron chi connectivity index (χ2n) is 14.4. The van der Waals surface area contributed by atoms with Crippen molar-refractivity contribution >= 4 is 0 Å². The van der Waals surface area contributed by atoms with Crippen LogP contribution < -0.4 is 5.73 Å². The second-order valence-corrected chi connectivity index (χ2v) is 14.4. The van der Waals surface area contributed by atoms with E-state index in [2.05, 4.69) is 136 Å². The molecule has 1 aromatic carbocycles. The van der Waals surface area contributed by atoms with Gasteiger partial charge in [0.2, 0.25) is 0 Å². The Morgan fingerprint density at radius 1 is 0.789 bits per heavy atom. The highest BCUT2D eigenvalue weighted by molar-refractivity contribution is 5.29. The first-order chi connectivity index (χ1) is 26.9. The summed E-state index contributed by atoms with van der Waals surface area (Å²) < 4.78 is 4.25. The van der Waals surface area contributed by atoms with Gasteiger partial charge in [0.15, 0.2) is 0 Å². The number of rotatable bonds is 13. The van der Waals surface area contributed by atoms with Gasteiger partial charge in [-0.25, -0.2) is 0 Å². The van der Waals surface area contributed by atoms with Gasteiger partial charge in [-0.2, -0.15) is 0 Å². The molecular formula is C54H111NO2. The third kappa shape index (κ3) is 58.3. The van der Waals surface area contributed by atoms with Gasteiger partial charge >= 0.3 is 0 Å². The summed E-state index contributed by atoms with van der Waals surface area (Å²) in [5, 5.41) is 9.78. The molecule has 0 aliphatic heterocycles. The van der Waals surface area contributed by atoms with Crippen molar-refractivity contribution in [3.63, 3.8) is 0 Å². The number of nitrogens with two attached hydrogens (primary N) is 1. The standard InChI is InChI=1S/C18H33NO.C11H16.C7H10.C4H10.C3H8.C2H6O.4C2H6.CH4/c1-4-6-7-16(13-20)17(10-14(3)5-2)11-15-8-9-18(19)12-15;1-3-4-8-11-9-6-5-7-10(11)2;1-7-5-3-2-4-6-7;1-4(2)3;2*1-3-2;4*1-2;/h8-9,14,16-17,20H,4-7,10-13,19H2,1-3H3;5-7,9H,3-4,8H2,1-2H3;2-5,7H,6H2,1H3;4H,1-3H3;3H2,1-2H3;1-2H3;4*1-2H3;1H4/t14?,16-,17?;;;;;;;;;;/m0........../s1. The van der Waals surface area contributed by atoms with Gasteiger partial charge in [-0.1, -0.05) is 224 Å². The van der Waals surface area contributed by atoms with Crippen LogP contribution in [0.25, 0.3) is 0 Å². The van der Waals surface area contributed by atoms with E-state index >= 15 is 0 Å². The van der Waals surface area contributed by atoms with E-state index in [0.29, 0.717) is 18.4 Å². The Kier molecular flexibility index (Phi) is 80.2. The second kappa shape index (κ2) is 63.1. The molecule has 0 fully saturated rings. The lowest BCUT2D eigenvalue weighted by atomic mass is 9.78. The number of allylic oxidation sites excluding steroid dienone is 7. The molecule has 0 heterocycles. The lowest BCUT2D eigenvalue weighted by Gasteiger charge is -2.28. The maximum Gasteiger partial charge on any atom is 0.0462 e. The first-order valence-corrected chi connectivity index (χ1v) is 23.4. The average molecular weight is 806 g/mol. The van der Waals surface area contributed by atoms with Crippen molar-refractivity contribution in [2.75, 3.05) is 20.8 Å². The molecule has 0 saturated heterocycles. The molecule has 3 heteroatoms. The van der Waals surface area contributed by atoms with Crippen LogP contribution in [0, 0.1) is 36.5 Å². The van der Waals surface area contributed by atoms with Crippen molar-refractivity contribution in [2.24, 2.45) is 35.3 Å². The van der Waals surface area contributed by atoms with Crippen LogP contribution in [0.5, 0.6) is 0 Å². The van der Waals surface area contributed by atoms with Gasteiger partial charge in [-0.15, -0.1) is 0 Å². The molecule has 0 amide bonds. The van der Waals surface area contributed by atoms with Gasteiger partial charge in [0, 0.05) is 32.9 Å². The van der Waals surface area contributed by atoms with Gasteiger partial charge < -0.3 is 15.6 Å². The monoisotopic (exact) mass is 806 g/mol. The Balaban J connectivity index is -0.0000000917. The molecule has 1 aromatic rings. The minimum Gasteiger partial charge on any atom is -0.402 e. The molecule has 0 radical (unpaired) electrons. The largest absolute Gasteiger partial charge is 0.402 e. The fourth-order valence-electron chi connectivity index (χ4n) is 5.11. The first kappa shape index (κ1) is 72.5. The van der Waals surface area contributed by atoms with Crippen LogP contribution in [-0.4, -0.2) is 25.9 Å². The molecule has 57 heavy (non-hydrogen) atoms. The van der Waals surface area contributed by atoms with E-state index in [-0.39, 0.29) is 7.43 Å². The van der Waals surface area contributed by atoms with Gasteiger partial charge in [0.25, 0.3) is 0 Å². The molecule has 0 saturated carbocycles. The summed E-state index contributed by atoms with van der Waals surface area (Å²) >= 11 is 0. The van der Waals surface area contributed by atoms with Crippen molar-refractivity contribution in [2.45, 2.75) is 216 Å². The van der Waals surface area contributed by atoms with E-state index in [1.54, 1.807) is 14.2 Å². The Bertz CT molecular complexity index is 938. The van der Waals surface area contributed by atoms with E-state index in [0.717, 1.165) is 42.7 Å². The van der Waals surface area contributed by atoms with Crippen LogP contribution in [0.3, 0.4) is 0 Å². The molecule has 0 spiro atoms. The summed E-state index contributed by atoms with van der Waals surface area (Å²) in [6.45, 7) is 40.5. The highest BCUT2D eigenvalue weighted by atomic mass is 16.4. The van der Waals surface area contributed by atoms with E-state index in [1.807, 2.05) is 61.5 Å². The van der Waals surface area contributed by atoms with Gasteiger partial charge in [0.05, 0.1) is 0 Å². The van der Waals surface area contributed by atoms with Gasteiger partial charge in [0.1, 0.15) is 0 Å². The molecule has 0 aromatic heterocycles. The number of benzene rings is 1. The summed E-state index contributed by atoms with van der Waals surface area (Å²) in [6, 6.07) is 8.64. The smallest absolute Gasteiger partial charge is 0.0462 e. The highest BCUT2D eigenvalue weighted by Gasteiger charge is 2.24.